The topological polar surface area (TPSA) is 34.1 Å². The second-order valence-electron chi connectivity index (χ2n) is 4.13. The Morgan fingerprint density at radius 3 is 2.00 bits per heavy atom. The maximum Gasteiger partial charge on any atom is 0.140 e. The van der Waals surface area contributed by atoms with Gasteiger partial charge in [0.25, 0.3) is 0 Å². The molecule has 0 heterocycles. The Balaban J connectivity index is 3.28. The number of carbonyl (C=O) groups excluding carboxylic acids is 2. The van der Waals surface area contributed by atoms with E-state index in [2.05, 4.69) is 6.92 Å². The summed E-state index contributed by atoms with van der Waals surface area (Å²) < 4.78 is 0. The van der Waals surface area contributed by atoms with Crippen molar-refractivity contribution in [2.45, 2.75) is 71.6 Å². The molecule has 0 aromatic rings. The lowest BCUT2D eigenvalue weighted by atomic mass is 10.0. The van der Waals surface area contributed by atoms with Crippen molar-refractivity contribution in [3.63, 3.8) is 0 Å². The normalized spacial score (nSPS) is 10.3. The van der Waals surface area contributed by atoms with E-state index in [1.54, 1.807) is 6.92 Å². The lowest BCUT2D eigenvalue weighted by Crippen LogP contribution is -2.06. The quantitative estimate of drug-likeness (QED) is 0.409. The van der Waals surface area contributed by atoms with Gasteiger partial charge in [-0.1, -0.05) is 46.0 Å². The van der Waals surface area contributed by atoms with Gasteiger partial charge in [0.2, 0.25) is 0 Å². The van der Waals surface area contributed by atoms with Crippen molar-refractivity contribution in [3.8, 4) is 0 Å². The van der Waals surface area contributed by atoms with Crippen LogP contribution >= 0.6 is 0 Å². The first-order valence-corrected chi connectivity index (χ1v) is 6.24. The Labute approximate surface area is 93.4 Å². The molecule has 0 saturated carbocycles. The third-order valence-corrected chi connectivity index (χ3v) is 2.60. The Morgan fingerprint density at radius 1 is 0.800 bits per heavy atom. The lowest BCUT2D eigenvalue weighted by Gasteiger charge is -2.00. The van der Waals surface area contributed by atoms with Crippen LogP contribution in [0.2, 0.25) is 0 Å². The van der Waals surface area contributed by atoms with Crippen molar-refractivity contribution in [1.29, 1.82) is 0 Å². The van der Waals surface area contributed by atoms with E-state index in [0.717, 1.165) is 12.8 Å². The molecule has 0 rings (SSSR count). The van der Waals surface area contributed by atoms with E-state index in [0.29, 0.717) is 12.8 Å². The van der Waals surface area contributed by atoms with Gasteiger partial charge in [-0.3, -0.25) is 9.59 Å². The van der Waals surface area contributed by atoms with E-state index in [9.17, 15) is 9.59 Å². The van der Waals surface area contributed by atoms with Crippen molar-refractivity contribution < 1.29 is 9.59 Å². The highest BCUT2D eigenvalue weighted by Crippen LogP contribution is 2.08. The molecule has 0 spiro atoms. The molecule has 2 heteroatoms. The van der Waals surface area contributed by atoms with Crippen LogP contribution in [0.5, 0.6) is 0 Å². The summed E-state index contributed by atoms with van der Waals surface area (Å²) in [5.74, 6) is 0.198. The minimum Gasteiger partial charge on any atom is -0.299 e. The lowest BCUT2D eigenvalue weighted by molar-refractivity contribution is -0.126. The number of unbranched alkanes of at least 4 members (excludes halogenated alkanes) is 5. The standard InChI is InChI=1S/C13H24O2/c1-3-5-6-7-8-9-10-13(15)11-12(14)4-2/h3-11H2,1-2H3. The minimum absolute atomic E-state index is 0.0750. The smallest absolute Gasteiger partial charge is 0.140 e. The van der Waals surface area contributed by atoms with Crippen LogP contribution in [0.15, 0.2) is 0 Å². The van der Waals surface area contributed by atoms with E-state index < -0.39 is 0 Å². The van der Waals surface area contributed by atoms with Gasteiger partial charge in [0.05, 0.1) is 6.42 Å². The van der Waals surface area contributed by atoms with Crippen LogP contribution in [0.4, 0.5) is 0 Å². The molecule has 0 aliphatic carbocycles. The summed E-state index contributed by atoms with van der Waals surface area (Å²) in [6, 6.07) is 0. The van der Waals surface area contributed by atoms with Crippen LogP contribution in [0.25, 0.3) is 0 Å². The molecule has 0 unspecified atom stereocenters. The van der Waals surface area contributed by atoms with E-state index >= 15 is 0 Å². The maximum atomic E-state index is 11.3. The van der Waals surface area contributed by atoms with Gasteiger partial charge in [0, 0.05) is 12.8 Å². The summed E-state index contributed by atoms with van der Waals surface area (Å²) >= 11 is 0. The van der Waals surface area contributed by atoms with Crippen molar-refractivity contribution in [3.05, 3.63) is 0 Å². The predicted molar refractivity (Wildman–Crippen MR) is 62.9 cm³/mol. The molecule has 0 aromatic carbocycles. The highest BCUT2D eigenvalue weighted by atomic mass is 16.1. The van der Waals surface area contributed by atoms with Gasteiger partial charge in [-0.15, -0.1) is 0 Å². The Kier molecular flexibility index (Phi) is 9.44. The molecule has 0 aliphatic rings. The van der Waals surface area contributed by atoms with E-state index in [4.69, 9.17) is 0 Å². The van der Waals surface area contributed by atoms with Gasteiger partial charge >= 0.3 is 0 Å². The van der Waals surface area contributed by atoms with Gasteiger partial charge < -0.3 is 0 Å². The molecule has 0 amide bonds. The fraction of sp³-hybridized carbons (Fsp3) is 0.846. The molecule has 0 radical (unpaired) electrons. The minimum atomic E-state index is 0.0750. The van der Waals surface area contributed by atoms with Crippen LogP contribution < -0.4 is 0 Å². The van der Waals surface area contributed by atoms with Crippen LogP contribution in [-0.2, 0) is 9.59 Å². The summed E-state index contributed by atoms with van der Waals surface area (Å²) in [6.07, 6.45) is 8.38. The highest BCUT2D eigenvalue weighted by molar-refractivity contribution is 5.98. The molecular formula is C13H24O2. The first-order valence-electron chi connectivity index (χ1n) is 6.24. The summed E-state index contributed by atoms with van der Waals surface area (Å²) in [4.78, 5) is 22.3. The van der Waals surface area contributed by atoms with Crippen LogP contribution in [0.1, 0.15) is 71.6 Å². The number of hydrogen-bond donors (Lipinski definition) is 0. The van der Waals surface area contributed by atoms with Gasteiger partial charge in [-0.25, -0.2) is 0 Å². The zero-order chi connectivity index (χ0) is 11.5. The highest BCUT2D eigenvalue weighted by Gasteiger charge is 2.06. The Bertz CT molecular complexity index is 185. The number of carbonyl (C=O) groups is 2. The summed E-state index contributed by atoms with van der Waals surface area (Å²) in [5.41, 5.74) is 0. The fourth-order valence-corrected chi connectivity index (χ4v) is 1.54. The number of hydrogen-bond acceptors (Lipinski definition) is 2. The summed E-state index contributed by atoms with van der Waals surface area (Å²) in [7, 11) is 0. The number of rotatable bonds is 10. The zero-order valence-corrected chi connectivity index (χ0v) is 10.2. The molecule has 0 aliphatic heterocycles. The molecule has 0 fully saturated rings. The van der Waals surface area contributed by atoms with E-state index in [-0.39, 0.29) is 18.0 Å². The van der Waals surface area contributed by atoms with Crippen LogP contribution in [0, 0.1) is 0 Å². The first kappa shape index (κ1) is 14.3. The van der Waals surface area contributed by atoms with Crippen LogP contribution in [-0.4, -0.2) is 11.6 Å². The van der Waals surface area contributed by atoms with Crippen molar-refractivity contribution in [1.82, 2.24) is 0 Å². The van der Waals surface area contributed by atoms with Gasteiger partial charge in [-0.05, 0) is 6.42 Å². The molecule has 88 valence electrons. The van der Waals surface area contributed by atoms with Crippen molar-refractivity contribution in [2.24, 2.45) is 0 Å². The molecule has 0 bridgehead atoms. The fourth-order valence-electron chi connectivity index (χ4n) is 1.54. The zero-order valence-electron chi connectivity index (χ0n) is 10.2. The second-order valence-corrected chi connectivity index (χ2v) is 4.13. The average Bonchev–Trinajstić information content (AvgIpc) is 2.23. The average molecular weight is 212 g/mol. The van der Waals surface area contributed by atoms with Gasteiger partial charge in [0.15, 0.2) is 0 Å². The summed E-state index contributed by atoms with van der Waals surface area (Å²) in [6.45, 7) is 4.00. The molecule has 0 aromatic heterocycles. The van der Waals surface area contributed by atoms with Crippen molar-refractivity contribution >= 4 is 11.6 Å². The molecule has 0 saturated heterocycles. The second kappa shape index (κ2) is 9.88. The molecule has 2 nitrogen and oxygen atoms in total. The third kappa shape index (κ3) is 9.64. The molecule has 0 N–H and O–H groups in total. The van der Waals surface area contributed by atoms with Gasteiger partial charge in [0.1, 0.15) is 11.6 Å². The van der Waals surface area contributed by atoms with Crippen LogP contribution in [0.3, 0.4) is 0 Å². The molecule has 15 heavy (non-hydrogen) atoms. The Morgan fingerprint density at radius 2 is 1.40 bits per heavy atom. The van der Waals surface area contributed by atoms with Gasteiger partial charge in [-0.2, -0.15) is 0 Å². The predicted octanol–water partition coefficient (Wildman–Crippen LogP) is 3.68. The first-order chi connectivity index (χ1) is 7.20. The van der Waals surface area contributed by atoms with Crippen molar-refractivity contribution in [2.75, 3.05) is 0 Å². The summed E-state index contributed by atoms with van der Waals surface area (Å²) in [5, 5.41) is 0. The van der Waals surface area contributed by atoms with E-state index in [1.165, 1.54) is 25.7 Å². The third-order valence-electron chi connectivity index (χ3n) is 2.60. The largest absolute Gasteiger partial charge is 0.299 e. The monoisotopic (exact) mass is 212 g/mol. The maximum absolute atomic E-state index is 11.3. The van der Waals surface area contributed by atoms with E-state index in [1.807, 2.05) is 0 Å². The number of ketones is 2. The SMILES string of the molecule is CCCCCCCCC(=O)CC(=O)CC. The number of Topliss-reactive ketones (excluding diaryl/α,β-unsaturated/α-hetero) is 2. The molecular weight excluding hydrogens is 188 g/mol. The Hall–Kier alpha value is -0.660. The molecule has 0 atom stereocenters.